The largest absolute Gasteiger partial charge is 0.503 e. The molecular weight excluding hydrogens is 418 g/mol. The van der Waals surface area contributed by atoms with Crippen molar-refractivity contribution >= 4 is 50.8 Å². The Balaban J connectivity index is 1.70. The first-order valence-corrected chi connectivity index (χ1v) is 11.9. The Morgan fingerprint density at radius 3 is 2.00 bits per heavy atom. The number of pyridine rings is 1. The van der Waals surface area contributed by atoms with Gasteiger partial charge in [-0.1, -0.05) is 64.1 Å². The lowest BCUT2D eigenvalue weighted by Gasteiger charge is -2.13. The summed E-state index contributed by atoms with van der Waals surface area (Å²) in [5.41, 5.74) is 8.49. The number of aromatic nitrogens is 1. The topological polar surface area (TPSA) is 32.0 Å². The SMILES string of the molecule is CC(C)c1cccc(C(C)C)c1[N+]1=C=[N+](c2cccc3c2oc2ncccc23)c2ccccc21. The second-order valence-electron chi connectivity index (χ2n) is 9.47. The van der Waals surface area contributed by atoms with E-state index in [0.717, 1.165) is 33.4 Å². The minimum atomic E-state index is 0.390. The van der Waals surface area contributed by atoms with Crippen molar-refractivity contribution in [2.24, 2.45) is 0 Å². The van der Waals surface area contributed by atoms with Gasteiger partial charge in [0.2, 0.25) is 17.0 Å². The summed E-state index contributed by atoms with van der Waals surface area (Å²) >= 11 is 0. The summed E-state index contributed by atoms with van der Waals surface area (Å²) in [5.74, 6) is 0.781. The van der Waals surface area contributed by atoms with Gasteiger partial charge in [0.25, 0.3) is 17.1 Å². The van der Waals surface area contributed by atoms with E-state index in [1.807, 2.05) is 6.07 Å². The summed E-state index contributed by atoms with van der Waals surface area (Å²) in [7, 11) is 0. The van der Waals surface area contributed by atoms with Crippen LogP contribution < -0.4 is 9.15 Å². The minimum absolute atomic E-state index is 0.390. The Morgan fingerprint density at radius 1 is 0.676 bits per heavy atom. The molecule has 0 bridgehead atoms. The lowest BCUT2D eigenvalue weighted by atomic mass is 9.92. The predicted molar refractivity (Wildman–Crippen MR) is 140 cm³/mol. The fourth-order valence-electron chi connectivity index (χ4n) is 4.97. The van der Waals surface area contributed by atoms with Gasteiger partial charge < -0.3 is 4.42 Å². The normalized spacial score (nSPS) is 13.1. The predicted octanol–water partition coefficient (Wildman–Crippen LogP) is 8.08. The van der Waals surface area contributed by atoms with Crippen LogP contribution in [0.2, 0.25) is 0 Å². The van der Waals surface area contributed by atoms with Gasteiger partial charge in [-0.05, 0) is 39.2 Å². The highest BCUT2D eigenvalue weighted by Gasteiger charge is 2.40. The van der Waals surface area contributed by atoms with Crippen LogP contribution in [-0.2, 0) is 0 Å². The molecule has 4 nitrogen and oxygen atoms in total. The van der Waals surface area contributed by atoms with Crippen molar-refractivity contribution in [1.82, 2.24) is 14.1 Å². The highest BCUT2D eigenvalue weighted by Crippen LogP contribution is 2.43. The average Bonchev–Trinajstić information content (AvgIpc) is 3.42. The van der Waals surface area contributed by atoms with Gasteiger partial charge in [0, 0.05) is 46.3 Å². The maximum absolute atomic E-state index is 6.26. The molecule has 0 N–H and O–H groups in total. The van der Waals surface area contributed by atoms with Crippen molar-refractivity contribution in [3.05, 3.63) is 90.1 Å². The molecule has 0 atom stereocenters. The lowest BCUT2D eigenvalue weighted by Crippen LogP contribution is -2.09. The number of hydrogen-bond acceptors (Lipinski definition) is 2. The Kier molecular flexibility index (Phi) is 4.72. The molecule has 0 saturated heterocycles. The van der Waals surface area contributed by atoms with Crippen LogP contribution in [0.1, 0.15) is 50.7 Å². The molecule has 0 radical (unpaired) electrons. The molecule has 0 saturated carbocycles. The molecule has 0 aliphatic carbocycles. The highest BCUT2D eigenvalue weighted by atomic mass is 16.3. The molecule has 1 aliphatic heterocycles. The Bertz CT molecular complexity index is 1620. The van der Waals surface area contributed by atoms with E-state index in [2.05, 4.69) is 115 Å². The third kappa shape index (κ3) is 3.03. The number of hydrogen-bond donors (Lipinski definition) is 0. The van der Waals surface area contributed by atoms with Gasteiger partial charge in [0.05, 0.1) is 0 Å². The molecule has 34 heavy (non-hydrogen) atoms. The van der Waals surface area contributed by atoms with E-state index >= 15 is 0 Å². The van der Waals surface area contributed by atoms with E-state index in [9.17, 15) is 0 Å². The van der Waals surface area contributed by atoms with Gasteiger partial charge in [-0.2, -0.15) is 0 Å². The molecule has 0 unspecified atom stereocenters. The van der Waals surface area contributed by atoms with Crippen molar-refractivity contribution in [2.75, 3.05) is 0 Å². The highest BCUT2D eigenvalue weighted by molar-refractivity contribution is 6.08. The number of rotatable bonds is 4. The first-order valence-electron chi connectivity index (χ1n) is 11.9. The van der Waals surface area contributed by atoms with Crippen LogP contribution in [0, 0.1) is 0 Å². The maximum Gasteiger partial charge on any atom is 0.503 e. The smallest absolute Gasteiger partial charge is 0.431 e. The van der Waals surface area contributed by atoms with Crippen molar-refractivity contribution < 1.29 is 4.42 Å². The zero-order chi connectivity index (χ0) is 23.4. The minimum Gasteiger partial charge on any atom is -0.431 e. The van der Waals surface area contributed by atoms with Gasteiger partial charge >= 0.3 is 6.01 Å². The molecule has 166 valence electrons. The second-order valence-corrected chi connectivity index (χ2v) is 9.47. The average molecular weight is 446 g/mol. The van der Waals surface area contributed by atoms with Gasteiger partial charge in [-0.25, -0.2) is 4.98 Å². The van der Waals surface area contributed by atoms with Crippen molar-refractivity contribution in [2.45, 2.75) is 39.5 Å². The van der Waals surface area contributed by atoms with Gasteiger partial charge in [0.15, 0.2) is 0 Å². The van der Waals surface area contributed by atoms with Crippen LogP contribution in [0.4, 0.5) is 22.7 Å². The molecule has 4 heteroatoms. The fraction of sp³-hybridized carbons (Fsp3) is 0.200. The van der Waals surface area contributed by atoms with Crippen LogP contribution >= 0.6 is 0 Å². The molecule has 1 aliphatic rings. The first kappa shape index (κ1) is 20.6. The number of furan rings is 1. The van der Waals surface area contributed by atoms with E-state index in [1.54, 1.807) is 6.20 Å². The van der Waals surface area contributed by atoms with Gasteiger partial charge in [-0.15, -0.1) is 0 Å². The van der Waals surface area contributed by atoms with E-state index in [4.69, 9.17) is 4.42 Å². The number of benzene rings is 3. The number of nitrogens with zero attached hydrogens (tertiary/aromatic N) is 3. The zero-order valence-corrected chi connectivity index (χ0v) is 19.9. The summed E-state index contributed by atoms with van der Waals surface area (Å²) in [4.78, 5) is 4.44. The van der Waals surface area contributed by atoms with Crippen molar-refractivity contribution in [3.63, 3.8) is 0 Å². The molecule has 6 rings (SSSR count). The van der Waals surface area contributed by atoms with Crippen LogP contribution in [0.25, 0.3) is 22.1 Å². The quantitative estimate of drug-likeness (QED) is 0.257. The Labute approximate surface area is 199 Å². The molecule has 5 aromatic rings. The Hall–Kier alpha value is -4.01. The third-order valence-corrected chi connectivity index (χ3v) is 6.62. The molecule has 3 heterocycles. The summed E-state index contributed by atoms with van der Waals surface area (Å²) in [6.07, 6.45) is 1.77. The second kappa shape index (κ2) is 7.79. The summed E-state index contributed by atoms with van der Waals surface area (Å²) in [5, 5.41) is 2.08. The maximum atomic E-state index is 6.26. The number of fused-ring (bicyclic) bond motifs is 4. The van der Waals surface area contributed by atoms with Crippen molar-refractivity contribution in [1.29, 1.82) is 0 Å². The van der Waals surface area contributed by atoms with Crippen LogP contribution in [0.15, 0.2) is 83.4 Å². The molecular formula is C30H27N3O+2. The molecule has 2 aromatic heterocycles. The molecule has 0 spiro atoms. The van der Waals surface area contributed by atoms with E-state index in [0.29, 0.717) is 17.5 Å². The lowest BCUT2D eigenvalue weighted by molar-refractivity contribution is 0.652. The fourth-order valence-corrected chi connectivity index (χ4v) is 4.97. The number of para-hydroxylation sites is 4. The first-order chi connectivity index (χ1) is 16.5. The summed E-state index contributed by atoms with van der Waals surface area (Å²) in [6, 6.07) is 29.1. The van der Waals surface area contributed by atoms with E-state index in [1.165, 1.54) is 16.8 Å². The molecule has 3 aromatic carbocycles. The summed E-state index contributed by atoms with van der Waals surface area (Å²) < 4.78 is 10.6. The monoisotopic (exact) mass is 445 g/mol. The standard InChI is InChI=1S/C30H27N3O/c1-19(2)21-10-7-11-22(20(3)4)28(21)33-18-32(25-14-5-6-15-26(25)33)27-16-8-12-23-24-13-9-17-31-30(24)34-29(23)27/h5-17,19-20H,1-4H3/q+2. The van der Waals surface area contributed by atoms with Crippen molar-refractivity contribution in [3.8, 4) is 0 Å². The zero-order valence-electron chi connectivity index (χ0n) is 19.9. The van der Waals surface area contributed by atoms with Gasteiger partial charge in [0.1, 0.15) is 0 Å². The molecule has 0 amide bonds. The van der Waals surface area contributed by atoms with Gasteiger partial charge in [-0.3, -0.25) is 0 Å². The Morgan fingerprint density at radius 2 is 1.29 bits per heavy atom. The van der Waals surface area contributed by atoms with Crippen LogP contribution in [0.5, 0.6) is 0 Å². The van der Waals surface area contributed by atoms with E-state index in [-0.39, 0.29) is 0 Å². The third-order valence-electron chi connectivity index (χ3n) is 6.62. The van der Waals surface area contributed by atoms with E-state index < -0.39 is 0 Å². The van der Waals surface area contributed by atoms with Crippen LogP contribution in [0.3, 0.4) is 0 Å². The van der Waals surface area contributed by atoms with Crippen LogP contribution in [-0.4, -0.2) is 11.0 Å². The molecule has 0 fully saturated rings. The summed E-state index contributed by atoms with van der Waals surface area (Å²) in [6.45, 7) is 9.02.